The lowest BCUT2D eigenvalue weighted by atomic mass is 10.2. The van der Waals surface area contributed by atoms with Crippen LogP contribution in [0.25, 0.3) is 0 Å². The fourth-order valence-electron chi connectivity index (χ4n) is 3.86. The molecule has 0 bridgehead atoms. The van der Waals surface area contributed by atoms with E-state index in [0.29, 0.717) is 13.2 Å². The van der Waals surface area contributed by atoms with Crippen LogP contribution >= 0.6 is 10.3 Å². The van der Waals surface area contributed by atoms with Gasteiger partial charge in [0.25, 0.3) is 0 Å². The van der Waals surface area contributed by atoms with E-state index >= 15 is 0 Å². The summed E-state index contributed by atoms with van der Waals surface area (Å²) in [4.78, 5) is 16.1. The molecular weight excluding hydrogens is 484 g/mol. The second kappa shape index (κ2) is 12.4. The van der Waals surface area contributed by atoms with Gasteiger partial charge < -0.3 is 18.8 Å². The van der Waals surface area contributed by atoms with Crippen LogP contribution in [0.3, 0.4) is 0 Å². The Hall–Kier alpha value is -3.90. The zero-order valence-corrected chi connectivity index (χ0v) is 21.9. The predicted molar refractivity (Wildman–Crippen MR) is 147 cm³/mol. The fraction of sp³-hybridized carbons (Fsp3) is 0.194. The molecule has 0 fully saturated rings. The quantitative estimate of drug-likeness (QED) is 0.219. The Labute approximate surface area is 220 Å². The smallest absolute Gasteiger partial charge is 0.353 e. The van der Waals surface area contributed by atoms with Gasteiger partial charge in [-0.05, 0) is 95.9 Å². The first kappa shape index (κ1) is 26.2. The van der Waals surface area contributed by atoms with Gasteiger partial charge in [-0.3, -0.25) is 0 Å². The standard InChI is InChI=1S/C31H32O5S/c1-3-22-34-24-14-18-27(19-15-24)37(26-10-6-5-7-11-26,28-20-16-25(17-21-28)35-23-4-2)36-31(33)29-12-8-9-13-30(29)32/h5-21,32H,3-4,22-23H2,1-2H3. The molecule has 0 aliphatic heterocycles. The van der Waals surface area contributed by atoms with Crippen molar-refractivity contribution < 1.29 is 23.6 Å². The molecule has 6 heteroatoms. The molecule has 0 spiro atoms. The fourth-order valence-corrected chi connectivity index (χ4v) is 6.87. The van der Waals surface area contributed by atoms with Crippen molar-refractivity contribution in [1.82, 2.24) is 0 Å². The van der Waals surface area contributed by atoms with Gasteiger partial charge in [-0.15, -0.1) is 0 Å². The van der Waals surface area contributed by atoms with Gasteiger partial charge in [0.15, 0.2) is 0 Å². The van der Waals surface area contributed by atoms with Gasteiger partial charge in [0.2, 0.25) is 0 Å². The molecule has 0 saturated carbocycles. The van der Waals surface area contributed by atoms with Crippen LogP contribution in [-0.4, -0.2) is 24.3 Å². The van der Waals surface area contributed by atoms with Gasteiger partial charge in [-0.2, -0.15) is 0 Å². The maximum Gasteiger partial charge on any atom is 0.353 e. The predicted octanol–water partition coefficient (Wildman–Crippen LogP) is 8.02. The molecule has 0 aliphatic carbocycles. The summed E-state index contributed by atoms with van der Waals surface area (Å²) >= 11 is 0. The van der Waals surface area contributed by atoms with Gasteiger partial charge in [0, 0.05) is 14.7 Å². The van der Waals surface area contributed by atoms with Crippen molar-refractivity contribution >= 4 is 16.3 Å². The summed E-state index contributed by atoms with van der Waals surface area (Å²) in [6.07, 6.45) is 1.82. The monoisotopic (exact) mass is 516 g/mol. The van der Waals surface area contributed by atoms with Crippen LogP contribution in [0.5, 0.6) is 17.2 Å². The molecule has 4 rings (SSSR count). The lowest BCUT2D eigenvalue weighted by Gasteiger charge is -2.40. The third-order valence-electron chi connectivity index (χ3n) is 5.66. The minimum Gasteiger partial charge on any atom is -0.507 e. The molecule has 0 radical (unpaired) electrons. The number of carbonyl (C=O) groups is 1. The van der Waals surface area contributed by atoms with Crippen LogP contribution in [0.1, 0.15) is 37.0 Å². The van der Waals surface area contributed by atoms with Crippen molar-refractivity contribution in [3.63, 3.8) is 0 Å². The highest BCUT2D eigenvalue weighted by Crippen LogP contribution is 2.69. The van der Waals surface area contributed by atoms with Gasteiger partial charge in [-0.1, -0.05) is 44.2 Å². The molecule has 37 heavy (non-hydrogen) atoms. The number of rotatable bonds is 11. The highest BCUT2D eigenvalue weighted by atomic mass is 32.3. The number of hydrogen-bond donors (Lipinski definition) is 1. The first-order chi connectivity index (χ1) is 18.1. The summed E-state index contributed by atoms with van der Waals surface area (Å²) in [7, 11) is -2.54. The molecule has 1 N–H and O–H groups in total. The van der Waals surface area contributed by atoms with Gasteiger partial charge >= 0.3 is 5.97 Å². The molecule has 0 heterocycles. The number of para-hydroxylation sites is 1. The molecule has 0 aliphatic rings. The van der Waals surface area contributed by atoms with Crippen LogP contribution < -0.4 is 9.47 Å². The maximum atomic E-state index is 13.6. The van der Waals surface area contributed by atoms with E-state index in [4.69, 9.17) is 13.7 Å². The zero-order chi connectivity index (χ0) is 26.1. The molecule has 4 aromatic rings. The Balaban J connectivity index is 1.88. The summed E-state index contributed by atoms with van der Waals surface area (Å²) in [5.41, 5.74) is 0.112. The largest absolute Gasteiger partial charge is 0.507 e. The van der Waals surface area contributed by atoms with E-state index in [9.17, 15) is 9.90 Å². The van der Waals surface area contributed by atoms with Crippen LogP contribution in [0, 0.1) is 0 Å². The minimum absolute atomic E-state index is 0.112. The number of phenols is 1. The summed E-state index contributed by atoms with van der Waals surface area (Å²) < 4.78 is 18.1. The molecule has 192 valence electrons. The third-order valence-corrected chi connectivity index (χ3v) is 8.87. The second-order valence-corrected chi connectivity index (χ2v) is 11.1. The van der Waals surface area contributed by atoms with Crippen molar-refractivity contribution in [2.24, 2.45) is 0 Å². The van der Waals surface area contributed by atoms with E-state index in [2.05, 4.69) is 13.8 Å². The van der Waals surface area contributed by atoms with Gasteiger partial charge in [-0.25, -0.2) is 4.79 Å². The van der Waals surface area contributed by atoms with Crippen molar-refractivity contribution in [2.75, 3.05) is 13.2 Å². The number of hydrogen-bond acceptors (Lipinski definition) is 5. The Bertz CT molecular complexity index is 1240. The van der Waals surface area contributed by atoms with Gasteiger partial charge in [0.1, 0.15) is 22.8 Å². The van der Waals surface area contributed by atoms with E-state index < -0.39 is 16.3 Å². The molecular formula is C31H32O5S. The van der Waals surface area contributed by atoms with E-state index in [1.54, 1.807) is 18.2 Å². The first-order valence-corrected chi connectivity index (χ1v) is 14.0. The molecule has 0 atom stereocenters. The van der Waals surface area contributed by atoms with Crippen molar-refractivity contribution in [3.05, 3.63) is 109 Å². The van der Waals surface area contributed by atoms with Crippen LogP contribution in [0.4, 0.5) is 0 Å². The van der Waals surface area contributed by atoms with E-state index in [0.717, 1.165) is 39.0 Å². The van der Waals surface area contributed by atoms with Crippen LogP contribution in [0.15, 0.2) is 118 Å². The third kappa shape index (κ3) is 5.92. The lowest BCUT2D eigenvalue weighted by molar-refractivity contribution is 0.0754. The van der Waals surface area contributed by atoms with E-state index in [1.165, 1.54) is 6.07 Å². The Morgan fingerprint density at radius 1 is 0.649 bits per heavy atom. The minimum atomic E-state index is -2.54. The van der Waals surface area contributed by atoms with E-state index in [1.807, 2.05) is 78.9 Å². The van der Waals surface area contributed by atoms with Crippen LogP contribution in [0.2, 0.25) is 0 Å². The number of carbonyl (C=O) groups excluding carboxylic acids is 1. The number of ether oxygens (including phenoxy) is 2. The molecule has 0 amide bonds. The SMILES string of the molecule is CCCOc1ccc(S(OC(=O)c2ccccc2O)(c2ccccc2)c2ccc(OCCC)cc2)cc1. The average Bonchev–Trinajstić information content (AvgIpc) is 2.95. The summed E-state index contributed by atoms with van der Waals surface area (Å²) in [5.74, 6) is 0.777. The highest BCUT2D eigenvalue weighted by molar-refractivity contribution is 8.30. The number of aromatic hydroxyl groups is 1. The Morgan fingerprint density at radius 2 is 1.11 bits per heavy atom. The number of phenolic OH excluding ortho intramolecular Hbond substituents is 1. The maximum absolute atomic E-state index is 13.6. The van der Waals surface area contributed by atoms with Crippen molar-refractivity contribution in [1.29, 1.82) is 0 Å². The highest BCUT2D eigenvalue weighted by Gasteiger charge is 2.36. The van der Waals surface area contributed by atoms with Gasteiger partial charge in [0.05, 0.1) is 13.2 Å². The normalized spacial score (nSPS) is 11.5. The molecule has 0 saturated heterocycles. The first-order valence-electron chi connectivity index (χ1n) is 12.4. The topological polar surface area (TPSA) is 65.0 Å². The number of benzene rings is 4. The molecule has 0 aromatic heterocycles. The Morgan fingerprint density at radius 3 is 1.59 bits per heavy atom. The molecule has 4 aromatic carbocycles. The Kier molecular flexibility index (Phi) is 8.75. The average molecular weight is 517 g/mol. The second-order valence-electron chi connectivity index (χ2n) is 8.40. The van der Waals surface area contributed by atoms with Crippen molar-refractivity contribution in [3.8, 4) is 17.2 Å². The summed E-state index contributed by atoms with van der Waals surface area (Å²) in [6, 6.07) is 31.6. The zero-order valence-electron chi connectivity index (χ0n) is 21.1. The van der Waals surface area contributed by atoms with E-state index in [-0.39, 0.29) is 11.3 Å². The molecule has 0 unspecified atom stereocenters. The summed E-state index contributed by atoms with van der Waals surface area (Å²) in [6.45, 7) is 5.37. The van der Waals surface area contributed by atoms with Crippen LogP contribution in [-0.2, 0) is 4.18 Å². The molecule has 5 nitrogen and oxygen atoms in total. The van der Waals surface area contributed by atoms with Crippen molar-refractivity contribution in [2.45, 2.75) is 41.4 Å². The summed E-state index contributed by atoms with van der Waals surface area (Å²) in [5, 5.41) is 10.4. The lowest BCUT2D eigenvalue weighted by Crippen LogP contribution is -2.14.